The topological polar surface area (TPSA) is 73.0 Å². The minimum atomic E-state index is -0.135. The van der Waals surface area contributed by atoms with E-state index in [1.165, 1.54) is 0 Å². The fourth-order valence-corrected chi connectivity index (χ4v) is 5.35. The van der Waals surface area contributed by atoms with Gasteiger partial charge in [-0.1, -0.05) is 42.8 Å². The summed E-state index contributed by atoms with van der Waals surface area (Å²) in [5.74, 6) is 0.519. The molecule has 6 nitrogen and oxygen atoms in total. The lowest BCUT2D eigenvalue weighted by atomic mass is 9.94. The molecule has 7 heteroatoms. The van der Waals surface area contributed by atoms with Crippen molar-refractivity contribution in [3.05, 3.63) is 88.7 Å². The molecule has 6 rings (SSSR count). The number of nitrogens with one attached hydrogen (secondary N) is 3. The number of carbonyl (C=O) groups excluding carboxylic acids is 1. The quantitative estimate of drug-likeness (QED) is 0.295. The lowest BCUT2D eigenvalue weighted by molar-refractivity contribution is -0.110. The van der Waals surface area contributed by atoms with E-state index in [1.54, 1.807) is 0 Å². The summed E-state index contributed by atoms with van der Waals surface area (Å²) in [5.41, 5.74) is 6.73. The van der Waals surface area contributed by atoms with E-state index in [0.29, 0.717) is 22.5 Å². The Balaban J connectivity index is 1.45. The number of benzene rings is 3. The molecule has 2 aliphatic rings. The molecular formula is C29H28ClN5O. The minimum Gasteiger partial charge on any atom is -0.382 e. The van der Waals surface area contributed by atoms with Crippen molar-refractivity contribution in [2.45, 2.75) is 25.8 Å². The lowest BCUT2D eigenvalue weighted by Crippen LogP contribution is -2.38. The maximum atomic E-state index is 13.4. The first-order valence-corrected chi connectivity index (χ1v) is 12.9. The van der Waals surface area contributed by atoms with Gasteiger partial charge in [0.2, 0.25) is 0 Å². The van der Waals surface area contributed by atoms with Crippen LogP contribution >= 0.6 is 11.6 Å². The first kappa shape index (κ1) is 22.8. The number of rotatable bonds is 5. The first-order chi connectivity index (χ1) is 17.6. The molecule has 182 valence electrons. The number of H-pyrrole nitrogens is 1. The van der Waals surface area contributed by atoms with Crippen molar-refractivity contribution >= 4 is 51.1 Å². The van der Waals surface area contributed by atoms with Crippen molar-refractivity contribution in [2.24, 2.45) is 0 Å². The van der Waals surface area contributed by atoms with Crippen molar-refractivity contribution in [3.8, 4) is 0 Å². The maximum Gasteiger partial charge on any atom is 0.257 e. The van der Waals surface area contributed by atoms with E-state index in [2.05, 4.69) is 39.6 Å². The second-order valence-corrected chi connectivity index (χ2v) is 9.86. The molecule has 4 aromatic rings. The van der Waals surface area contributed by atoms with Crippen LogP contribution in [0.5, 0.6) is 0 Å². The number of hydrogen-bond acceptors (Lipinski definition) is 4. The maximum absolute atomic E-state index is 13.4. The molecule has 1 aromatic heterocycles. The molecule has 1 saturated heterocycles. The van der Waals surface area contributed by atoms with Gasteiger partial charge in [0.05, 0.1) is 16.6 Å². The zero-order valence-electron chi connectivity index (χ0n) is 20.1. The molecule has 3 aromatic carbocycles. The van der Waals surface area contributed by atoms with Crippen LogP contribution < -0.4 is 10.6 Å². The van der Waals surface area contributed by atoms with Crippen LogP contribution in [0, 0.1) is 0 Å². The van der Waals surface area contributed by atoms with Gasteiger partial charge in [0.15, 0.2) is 0 Å². The number of carbonyl (C=O) groups is 1. The highest BCUT2D eigenvalue weighted by molar-refractivity contribution is 6.38. The van der Waals surface area contributed by atoms with E-state index in [-0.39, 0.29) is 5.91 Å². The van der Waals surface area contributed by atoms with Gasteiger partial charge in [-0.15, -0.1) is 0 Å². The fourth-order valence-electron chi connectivity index (χ4n) is 5.22. The Morgan fingerprint density at radius 2 is 1.86 bits per heavy atom. The number of anilines is 2. The zero-order chi connectivity index (χ0) is 24.6. The molecule has 2 aliphatic heterocycles. The Labute approximate surface area is 215 Å². The molecule has 0 atom stereocenters. The number of piperidine rings is 1. The third-order valence-electron chi connectivity index (χ3n) is 7.18. The van der Waals surface area contributed by atoms with Crippen LogP contribution in [0.3, 0.4) is 0 Å². The number of aromatic amines is 1. The van der Waals surface area contributed by atoms with Crippen molar-refractivity contribution in [1.29, 1.82) is 0 Å². The molecule has 3 heterocycles. The standard InChI is InChI=1S/C29H28ClN5O/c1-2-35-15-13-20(14-16-35)31-21-11-12-23-22(17-21)27(29(36)34-23)26(18-7-9-19(30)10-8-18)28-32-24-5-3-4-6-25(24)33-28/h3-12,17,20,31H,2,13-16H2,1H3,(H,32,33)(H,34,36). The molecule has 0 spiro atoms. The Kier molecular flexibility index (Phi) is 5.99. The van der Waals surface area contributed by atoms with Crippen LogP contribution in [0.4, 0.5) is 11.4 Å². The molecule has 36 heavy (non-hydrogen) atoms. The third kappa shape index (κ3) is 4.27. The van der Waals surface area contributed by atoms with Crippen LogP contribution in [-0.2, 0) is 4.79 Å². The van der Waals surface area contributed by atoms with Gasteiger partial charge in [-0.2, -0.15) is 0 Å². The van der Waals surface area contributed by atoms with Crippen LogP contribution in [0.1, 0.15) is 36.7 Å². The largest absolute Gasteiger partial charge is 0.382 e. The lowest BCUT2D eigenvalue weighted by Gasteiger charge is -2.32. The number of fused-ring (bicyclic) bond motifs is 2. The number of amides is 1. The van der Waals surface area contributed by atoms with Gasteiger partial charge in [-0.25, -0.2) is 4.98 Å². The number of likely N-dealkylation sites (tertiary alicyclic amines) is 1. The van der Waals surface area contributed by atoms with E-state index < -0.39 is 0 Å². The van der Waals surface area contributed by atoms with Crippen LogP contribution in [0.25, 0.3) is 22.2 Å². The summed E-state index contributed by atoms with van der Waals surface area (Å²) in [6.07, 6.45) is 2.22. The molecule has 1 fully saturated rings. The van der Waals surface area contributed by atoms with Crippen molar-refractivity contribution in [2.75, 3.05) is 30.3 Å². The van der Waals surface area contributed by atoms with Gasteiger partial charge in [-0.05, 0) is 67.4 Å². The van der Waals surface area contributed by atoms with E-state index in [9.17, 15) is 4.79 Å². The average molecular weight is 498 g/mol. The summed E-state index contributed by atoms with van der Waals surface area (Å²) in [6.45, 7) is 5.53. The van der Waals surface area contributed by atoms with Crippen LogP contribution in [0.2, 0.25) is 5.02 Å². The normalized spacial score (nSPS) is 17.8. The number of hydrogen-bond donors (Lipinski definition) is 3. The van der Waals surface area contributed by atoms with Gasteiger partial charge in [0.1, 0.15) is 5.82 Å². The number of aromatic nitrogens is 2. The smallest absolute Gasteiger partial charge is 0.257 e. The molecule has 3 N–H and O–H groups in total. The van der Waals surface area contributed by atoms with Crippen molar-refractivity contribution < 1.29 is 4.79 Å². The van der Waals surface area contributed by atoms with E-state index in [4.69, 9.17) is 16.6 Å². The summed E-state index contributed by atoms with van der Waals surface area (Å²) in [7, 11) is 0. The van der Waals surface area contributed by atoms with Gasteiger partial charge in [0.25, 0.3) is 5.91 Å². The Morgan fingerprint density at radius 1 is 1.08 bits per heavy atom. The molecule has 0 radical (unpaired) electrons. The third-order valence-corrected chi connectivity index (χ3v) is 7.43. The number of halogens is 1. The molecule has 1 amide bonds. The Hall–Kier alpha value is -3.61. The molecular weight excluding hydrogens is 470 g/mol. The van der Waals surface area contributed by atoms with Gasteiger partial charge in [-0.3, -0.25) is 4.79 Å². The molecule has 0 unspecified atom stereocenters. The SMILES string of the molecule is CCN1CCC(Nc2ccc3c(c2)C(=C(c2ccc(Cl)cc2)c2nc4ccccc4[nH]2)C(=O)N3)CC1. The summed E-state index contributed by atoms with van der Waals surface area (Å²) in [5, 5.41) is 7.41. The monoisotopic (exact) mass is 497 g/mol. The zero-order valence-corrected chi connectivity index (χ0v) is 20.9. The van der Waals surface area contributed by atoms with Crippen LogP contribution in [-0.4, -0.2) is 46.5 Å². The van der Waals surface area contributed by atoms with Crippen LogP contribution in [0.15, 0.2) is 66.7 Å². The van der Waals surface area contributed by atoms with Gasteiger partial charge >= 0.3 is 0 Å². The molecule has 0 saturated carbocycles. The Bertz CT molecular complexity index is 1430. The summed E-state index contributed by atoms with van der Waals surface area (Å²) in [4.78, 5) is 24.2. The highest BCUT2D eigenvalue weighted by Gasteiger charge is 2.30. The average Bonchev–Trinajstić information content (AvgIpc) is 3.46. The summed E-state index contributed by atoms with van der Waals surface area (Å²) < 4.78 is 0. The first-order valence-electron chi connectivity index (χ1n) is 12.5. The van der Waals surface area contributed by atoms with Gasteiger partial charge in [0, 0.05) is 46.7 Å². The second-order valence-electron chi connectivity index (χ2n) is 9.43. The summed E-state index contributed by atoms with van der Waals surface area (Å²) in [6, 6.07) is 22.0. The summed E-state index contributed by atoms with van der Waals surface area (Å²) >= 11 is 6.20. The van der Waals surface area contributed by atoms with Gasteiger partial charge < -0.3 is 20.5 Å². The van der Waals surface area contributed by atoms with Crippen molar-refractivity contribution in [1.82, 2.24) is 14.9 Å². The highest BCUT2D eigenvalue weighted by Crippen LogP contribution is 2.41. The predicted octanol–water partition coefficient (Wildman–Crippen LogP) is 6.02. The van der Waals surface area contributed by atoms with E-state index >= 15 is 0 Å². The minimum absolute atomic E-state index is 0.135. The van der Waals surface area contributed by atoms with E-state index in [0.717, 1.165) is 71.6 Å². The fraction of sp³-hybridized carbons (Fsp3) is 0.241. The predicted molar refractivity (Wildman–Crippen MR) is 147 cm³/mol. The highest BCUT2D eigenvalue weighted by atomic mass is 35.5. The second kappa shape index (κ2) is 9.45. The number of nitrogens with zero attached hydrogens (tertiary/aromatic N) is 2. The van der Waals surface area contributed by atoms with Crippen molar-refractivity contribution in [3.63, 3.8) is 0 Å². The number of para-hydroxylation sites is 2. The molecule has 0 aliphatic carbocycles. The van der Waals surface area contributed by atoms with E-state index in [1.807, 2.05) is 54.6 Å². The number of imidazole rings is 1. The molecule has 0 bridgehead atoms. The Morgan fingerprint density at radius 3 is 2.61 bits per heavy atom.